The van der Waals surface area contributed by atoms with Crippen LogP contribution in [0.25, 0.3) is 0 Å². The molecular weight excluding hydrogens is 951 g/mol. The van der Waals surface area contributed by atoms with E-state index in [0.29, 0.717) is 20.3 Å². The highest BCUT2D eigenvalue weighted by atomic mass is 19.4. The molecule has 0 bridgehead atoms. The Balaban J connectivity index is 0. The number of ether oxygens (including phenoxy) is 2. The summed E-state index contributed by atoms with van der Waals surface area (Å²) in [5, 5.41) is 9.08. The smallest absolute Gasteiger partial charge is 0.399 e. The predicted octanol–water partition coefficient (Wildman–Crippen LogP) is 8.15. The lowest BCUT2D eigenvalue weighted by atomic mass is 9.96. The van der Waals surface area contributed by atoms with Crippen molar-refractivity contribution in [2.45, 2.75) is 124 Å². The van der Waals surface area contributed by atoms with Crippen molar-refractivity contribution in [3.05, 3.63) is 60.7 Å². The molecule has 0 radical (unpaired) electrons. The number of alkyl halides is 6. The fraction of sp³-hybridized carbons (Fsp3) is 0.680. The Kier molecular flexibility index (Phi) is 40.0. The molecule has 4 saturated heterocycles. The average Bonchev–Trinajstić information content (AvgIpc) is 3.35. The first-order valence-corrected chi connectivity index (χ1v) is 24.4. The van der Waals surface area contributed by atoms with Gasteiger partial charge in [0.15, 0.2) is 0 Å². The van der Waals surface area contributed by atoms with E-state index < -0.39 is 12.7 Å². The van der Waals surface area contributed by atoms with Gasteiger partial charge in [0.05, 0.1) is 6.04 Å². The predicted molar refractivity (Wildman–Crippen MR) is 273 cm³/mol. The Morgan fingerprint density at radius 1 is 0.653 bits per heavy atom. The molecule has 16 nitrogen and oxygen atoms in total. The molecule has 4 heterocycles. The molecule has 2 aromatic rings. The van der Waals surface area contributed by atoms with Crippen LogP contribution in [0.4, 0.5) is 42.5 Å². The molecular formula is C50H86F6N10O6. The minimum atomic E-state index is -4.46. The number of nitrogens with one attached hydrogen (secondary N) is 3. The fourth-order valence-electron chi connectivity index (χ4n) is 7.47. The van der Waals surface area contributed by atoms with E-state index in [1.54, 1.807) is 6.08 Å². The molecule has 414 valence electrons. The van der Waals surface area contributed by atoms with Crippen molar-refractivity contribution in [2.24, 2.45) is 28.3 Å². The van der Waals surface area contributed by atoms with Crippen molar-refractivity contribution >= 4 is 35.3 Å². The van der Waals surface area contributed by atoms with Gasteiger partial charge >= 0.3 is 18.8 Å². The third-order valence-corrected chi connectivity index (χ3v) is 11.4. The molecule has 0 aliphatic carbocycles. The summed E-state index contributed by atoms with van der Waals surface area (Å²) in [5.41, 5.74) is 17.3. The number of primary amides is 2. The second kappa shape index (κ2) is 41.6. The molecule has 4 amide bonds. The summed E-state index contributed by atoms with van der Waals surface area (Å²) in [6, 6.07) is 19.5. The van der Waals surface area contributed by atoms with Gasteiger partial charge < -0.3 is 47.9 Å². The van der Waals surface area contributed by atoms with Gasteiger partial charge in [-0.1, -0.05) is 64.6 Å². The average molecular weight is 1040 g/mol. The fourth-order valence-corrected chi connectivity index (χ4v) is 7.47. The molecule has 4 fully saturated rings. The Labute approximate surface area is 424 Å². The molecule has 0 spiro atoms. The number of carbonyl (C=O) groups excluding carboxylic acids is 4. The number of para-hydroxylation sites is 2. The van der Waals surface area contributed by atoms with Gasteiger partial charge in [0, 0.05) is 69.7 Å². The number of urea groups is 1. The van der Waals surface area contributed by atoms with Crippen LogP contribution >= 0.6 is 0 Å². The number of nitrogens with two attached hydrogens (primary N) is 3. The summed E-state index contributed by atoms with van der Waals surface area (Å²) in [6.07, 6.45) is 4.20. The molecule has 72 heavy (non-hydrogen) atoms. The number of nitrogen functional groups attached to an aromatic ring is 1. The van der Waals surface area contributed by atoms with Crippen molar-refractivity contribution in [3.63, 3.8) is 0 Å². The number of hydrogen-bond acceptors (Lipinski definition) is 12. The number of halogens is 6. The molecule has 9 N–H and O–H groups in total. The van der Waals surface area contributed by atoms with Crippen LogP contribution in [0.2, 0.25) is 0 Å². The minimum Gasteiger partial charge on any atom is -0.399 e. The summed E-state index contributed by atoms with van der Waals surface area (Å²) < 4.78 is 69.2. The van der Waals surface area contributed by atoms with Gasteiger partial charge in [0.1, 0.15) is 0 Å². The van der Waals surface area contributed by atoms with Crippen molar-refractivity contribution in [2.75, 3.05) is 97.3 Å². The van der Waals surface area contributed by atoms with E-state index in [1.807, 2.05) is 60.7 Å². The molecule has 4 aliphatic heterocycles. The van der Waals surface area contributed by atoms with E-state index in [2.05, 4.69) is 65.9 Å². The first-order chi connectivity index (χ1) is 33.7. The van der Waals surface area contributed by atoms with Gasteiger partial charge in [-0.2, -0.15) is 0 Å². The van der Waals surface area contributed by atoms with E-state index in [9.17, 15) is 45.5 Å². The lowest BCUT2D eigenvalue weighted by Crippen LogP contribution is -2.46. The van der Waals surface area contributed by atoms with Gasteiger partial charge in [0.25, 0.3) is 0 Å². The van der Waals surface area contributed by atoms with Gasteiger partial charge in [-0.15, -0.1) is 26.3 Å². The Hall–Kier alpha value is -4.83. The quantitative estimate of drug-likeness (QED) is 0.0545. The largest absolute Gasteiger partial charge is 0.522 e. The van der Waals surface area contributed by atoms with E-state index in [0.717, 1.165) is 122 Å². The third-order valence-electron chi connectivity index (χ3n) is 11.4. The first kappa shape index (κ1) is 69.2. The highest BCUT2D eigenvalue weighted by Gasteiger charge is 2.27. The zero-order chi connectivity index (χ0) is 53.5. The monoisotopic (exact) mass is 1040 g/mol. The Morgan fingerprint density at radius 3 is 1.33 bits per heavy atom. The van der Waals surface area contributed by atoms with Crippen molar-refractivity contribution in [1.82, 2.24) is 25.3 Å². The van der Waals surface area contributed by atoms with Gasteiger partial charge in [0.2, 0.25) is 17.9 Å². The molecule has 0 unspecified atom stereocenters. The van der Waals surface area contributed by atoms with Crippen LogP contribution in [0, 0.1) is 11.8 Å². The van der Waals surface area contributed by atoms with Crippen LogP contribution in [0.1, 0.15) is 98.8 Å². The zero-order valence-corrected chi connectivity index (χ0v) is 42.4. The Morgan fingerprint density at radius 2 is 1.01 bits per heavy atom. The third kappa shape index (κ3) is 38.8. The summed E-state index contributed by atoms with van der Waals surface area (Å²) in [4.78, 5) is 54.2. The number of nitrogens with zero attached hydrogens (tertiary/aromatic N) is 4. The summed E-state index contributed by atoms with van der Waals surface area (Å²) in [6.45, 7) is 18.4. The molecule has 22 heteroatoms. The number of aliphatic imine (C=N–C) groups is 1. The zero-order valence-electron chi connectivity index (χ0n) is 42.4. The maximum Gasteiger partial charge on any atom is 0.522 e. The number of methoxy groups -OCH3 is 2. The number of carbonyl (C=O) groups is 3. The lowest BCUT2D eigenvalue weighted by Gasteiger charge is -2.32. The number of anilines is 2. The van der Waals surface area contributed by atoms with E-state index in [1.165, 1.54) is 32.4 Å². The summed E-state index contributed by atoms with van der Waals surface area (Å²) in [5.74, 6) is 0.00649. The molecule has 2 aromatic carbocycles. The van der Waals surface area contributed by atoms with Crippen LogP contribution in [-0.2, 0) is 23.9 Å². The highest BCUT2D eigenvalue weighted by Crippen LogP contribution is 2.17. The summed E-state index contributed by atoms with van der Waals surface area (Å²) in [7, 11) is 1.17. The number of likely N-dealkylation sites (tertiary alicyclic amines) is 3. The Bertz CT molecular complexity index is 1650. The van der Waals surface area contributed by atoms with Crippen LogP contribution in [0.3, 0.4) is 0 Å². The summed E-state index contributed by atoms with van der Waals surface area (Å²) >= 11 is 0. The highest BCUT2D eigenvalue weighted by molar-refractivity contribution is 5.89. The second-order valence-corrected chi connectivity index (χ2v) is 17.0. The number of piperidine rings is 4. The normalized spacial score (nSPS) is 17.0. The van der Waals surface area contributed by atoms with Gasteiger partial charge in [-0.25, -0.2) is 14.6 Å². The number of hydrogen-bond donors (Lipinski definition) is 6. The maximum atomic E-state index is 11.9. The SMILES string of the molecule is C.CCCN1CCC(C(N)=O)CC1.CCCN1CCC(N=C=O)CC1.CCCN1CCC(NC(=O)Nc2ccccc2)CC1.COC(F)(F)F.COC(F)(F)F.NC(=O)C1CCNCC1.Nc1ccccc1. The molecule has 4 aliphatic rings. The number of rotatable bonds is 11. The molecule has 0 atom stereocenters. The van der Waals surface area contributed by atoms with E-state index in [-0.39, 0.29) is 43.1 Å². The van der Waals surface area contributed by atoms with E-state index in [4.69, 9.17) is 17.2 Å². The maximum absolute atomic E-state index is 11.9. The van der Waals surface area contributed by atoms with Crippen LogP contribution in [-0.4, -0.2) is 150 Å². The molecule has 0 saturated carbocycles. The minimum absolute atomic E-state index is 0. The lowest BCUT2D eigenvalue weighted by molar-refractivity contribution is -0.312. The first-order valence-electron chi connectivity index (χ1n) is 24.4. The standard InChI is InChI=1S/C15H23N3O.C9H16N2O.C9H18N2O.C6H12N2O.C6H7N.2C2H3F3O.CH4/c1-2-10-18-11-8-14(9-12-18)17-15(19)16-13-6-4-3-5-7-13;1-2-5-11-6-3-9(4-7-11)10-8-12;1-2-5-11-6-3-8(4-7-11)9(10)12;7-6(9)5-1-3-8-4-2-5;7-6-4-2-1-3-5-6;2*1-6-2(3,4)5;/h3-7,14H,2,8-12H2,1H3,(H2,16,17,19);9H,2-7H2,1H3;8H,2-7H2,1H3,(H2,10,12);5,8H,1-4H2,(H2,7,9);1-5H,7H2;2*1H3;1H4. The van der Waals surface area contributed by atoms with E-state index >= 15 is 0 Å². The van der Waals surface area contributed by atoms with Crippen LogP contribution in [0.15, 0.2) is 65.7 Å². The van der Waals surface area contributed by atoms with Crippen LogP contribution in [0.5, 0.6) is 0 Å². The van der Waals surface area contributed by atoms with Crippen molar-refractivity contribution in [1.29, 1.82) is 0 Å². The number of amides is 4. The second-order valence-electron chi connectivity index (χ2n) is 17.0. The van der Waals surface area contributed by atoms with Crippen molar-refractivity contribution < 1.29 is 55.0 Å². The number of isocyanates is 1. The molecule has 6 rings (SSSR count). The van der Waals surface area contributed by atoms with Gasteiger partial charge in [-0.05, 0) is 141 Å². The topological polar surface area (TPSA) is 223 Å². The molecule has 0 aromatic heterocycles. The number of benzene rings is 2. The van der Waals surface area contributed by atoms with Crippen molar-refractivity contribution in [3.8, 4) is 0 Å². The van der Waals surface area contributed by atoms with Crippen LogP contribution < -0.4 is 33.2 Å². The van der Waals surface area contributed by atoms with Gasteiger partial charge in [-0.3, -0.25) is 19.1 Å².